The summed E-state index contributed by atoms with van der Waals surface area (Å²) in [6, 6.07) is 15.6. The van der Waals surface area contributed by atoms with Crippen molar-refractivity contribution in [2.45, 2.75) is 31.1 Å². The highest BCUT2D eigenvalue weighted by Crippen LogP contribution is 2.28. The van der Waals surface area contributed by atoms with Crippen LogP contribution < -0.4 is 0 Å². The maximum absolute atomic E-state index is 10.00. The lowest BCUT2D eigenvalue weighted by atomic mass is 9.94. The van der Waals surface area contributed by atoms with Crippen LogP contribution in [-0.4, -0.2) is 50.8 Å². The van der Waals surface area contributed by atoms with Crippen LogP contribution in [0.1, 0.15) is 41.9 Å². The fourth-order valence-corrected chi connectivity index (χ4v) is 3.81. The highest BCUT2D eigenvalue weighted by molar-refractivity contribution is 5.64. The first-order valence-corrected chi connectivity index (χ1v) is 10.4. The molecular weight excluding hydrogens is 392 g/mol. The van der Waals surface area contributed by atoms with Crippen molar-refractivity contribution in [2.75, 3.05) is 19.8 Å². The first kappa shape index (κ1) is 21.3. The summed E-state index contributed by atoms with van der Waals surface area (Å²) in [5.41, 5.74) is 4.08. The number of ether oxygens (including phenoxy) is 1. The predicted octanol–water partition coefficient (Wildman–Crippen LogP) is 2.66. The Balaban J connectivity index is 1.48. The number of nitrogens with zero attached hydrogens (tertiary/aromatic N) is 2. The Morgan fingerprint density at radius 2 is 1.77 bits per heavy atom. The van der Waals surface area contributed by atoms with Crippen molar-refractivity contribution in [1.82, 2.24) is 9.55 Å². The van der Waals surface area contributed by atoms with Crippen molar-refractivity contribution in [3.63, 3.8) is 0 Å². The molecule has 3 aromatic rings. The van der Waals surface area contributed by atoms with Crippen LogP contribution in [0.25, 0.3) is 11.1 Å². The third kappa shape index (κ3) is 4.71. The van der Waals surface area contributed by atoms with E-state index >= 15 is 0 Å². The van der Waals surface area contributed by atoms with Gasteiger partial charge in [0.1, 0.15) is 18.0 Å². The second-order valence-corrected chi connectivity index (χ2v) is 7.75. The van der Waals surface area contributed by atoms with Gasteiger partial charge in [-0.05, 0) is 35.7 Å². The number of imidazole rings is 1. The lowest BCUT2D eigenvalue weighted by Crippen LogP contribution is -2.15. The van der Waals surface area contributed by atoms with Gasteiger partial charge in [-0.1, -0.05) is 48.2 Å². The van der Waals surface area contributed by atoms with Gasteiger partial charge in [0.15, 0.2) is 0 Å². The average molecular weight is 418 g/mol. The molecule has 6 heteroatoms. The van der Waals surface area contributed by atoms with Crippen molar-refractivity contribution >= 4 is 0 Å². The smallest absolute Gasteiger partial charge is 0.138 e. The molecule has 1 aliphatic rings. The predicted molar refractivity (Wildman–Crippen MR) is 117 cm³/mol. The van der Waals surface area contributed by atoms with Crippen molar-refractivity contribution in [3.8, 4) is 23.0 Å². The number of hydrogen-bond acceptors (Lipinski definition) is 5. The number of benzene rings is 2. The first-order chi connectivity index (χ1) is 15.1. The van der Waals surface area contributed by atoms with Crippen LogP contribution in [0.5, 0.6) is 0 Å². The van der Waals surface area contributed by atoms with Gasteiger partial charge >= 0.3 is 0 Å². The zero-order chi connectivity index (χ0) is 21.8. The fourth-order valence-electron chi connectivity index (χ4n) is 3.81. The molecule has 0 aliphatic carbocycles. The van der Waals surface area contributed by atoms with Crippen LogP contribution in [0.15, 0.2) is 60.9 Å². The summed E-state index contributed by atoms with van der Waals surface area (Å²) in [6.07, 6.45) is 2.12. The second kappa shape index (κ2) is 9.46. The van der Waals surface area contributed by atoms with Crippen LogP contribution in [0, 0.1) is 11.8 Å². The Morgan fingerprint density at radius 1 is 1.10 bits per heavy atom. The Labute approximate surface area is 181 Å². The molecule has 1 saturated heterocycles. The summed E-state index contributed by atoms with van der Waals surface area (Å²) in [5.74, 6) is 6.67. The number of aliphatic hydroxyl groups is 3. The zero-order valence-corrected chi connectivity index (χ0v) is 17.3. The summed E-state index contributed by atoms with van der Waals surface area (Å²) < 4.78 is 7.04. The minimum absolute atomic E-state index is 0.0380. The van der Waals surface area contributed by atoms with E-state index in [1.807, 2.05) is 36.4 Å². The van der Waals surface area contributed by atoms with Crippen LogP contribution in [-0.2, 0) is 4.74 Å². The van der Waals surface area contributed by atoms with E-state index in [4.69, 9.17) is 4.74 Å². The van der Waals surface area contributed by atoms with Crippen molar-refractivity contribution in [1.29, 1.82) is 0 Å². The lowest BCUT2D eigenvalue weighted by molar-refractivity contribution is 0.124. The Kier molecular flexibility index (Phi) is 6.50. The molecule has 0 spiro atoms. The summed E-state index contributed by atoms with van der Waals surface area (Å²) in [5, 5.41) is 29.6. The van der Waals surface area contributed by atoms with E-state index in [1.54, 1.807) is 23.9 Å². The molecule has 3 N–H and O–H groups in total. The third-order valence-corrected chi connectivity index (χ3v) is 5.57. The zero-order valence-electron chi connectivity index (χ0n) is 17.3. The molecule has 4 rings (SSSR count). The van der Waals surface area contributed by atoms with Gasteiger partial charge in [0.05, 0.1) is 25.9 Å². The summed E-state index contributed by atoms with van der Waals surface area (Å²) in [7, 11) is 0. The molecule has 160 valence electrons. The molecule has 0 amide bonds. The van der Waals surface area contributed by atoms with E-state index in [9.17, 15) is 15.3 Å². The fraction of sp³-hybridized carbons (Fsp3) is 0.320. The number of rotatable bonds is 5. The molecule has 1 unspecified atom stereocenters. The standard InChI is InChI=1S/C25H26N2O4/c1-17(29)25-26-12-13-27(25)22(14-28)11-4-18-2-5-19(6-3-18)20-7-9-21(10-8-20)23-15-31-16-24(23)30/h2-3,5-10,12-13,17,22-24,28-30H,14-16H2,1H3/t17-,22?,23+,24-/m0/s1. The second-order valence-electron chi connectivity index (χ2n) is 7.75. The van der Waals surface area contributed by atoms with Gasteiger partial charge < -0.3 is 24.6 Å². The van der Waals surface area contributed by atoms with Gasteiger partial charge in [-0.25, -0.2) is 4.98 Å². The van der Waals surface area contributed by atoms with E-state index in [2.05, 4.69) is 29.0 Å². The van der Waals surface area contributed by atoms with Gasteiger partial charge in [0.2, 0.25) is 0 Å². The number of aromatic nitrogens is 2. The molecule has 1 aromatic heterocycles. The van der Waals surface area contributed by atoms with Crippen LogP contribution in [0.2, 0.25) is 0 Å². The Morgan fingerprint density at radius 3 is 2.35 bits per heavy atom. The lowest BCUT2D eigenvalue weighted by Gasteiger charge is -2.14. The van der Waals surface area contributed by atoms with E-state index in [1.165, 1.54) is 0 Å². The highest BCUT2D eigenvalue weighted by atomic mass is 16.5. The molecular formula is C25H26N2O4. The molecule has 0 bridgehead atoms. The van der Waals surface area contributed by atoms with Gasteiger partial charge in [0.25, 0.3) is 0 Å². The molecule has 0 saturated carbocycles. The number of hydrogen-bond donors (Lipinski definition) is 3. The normalized spacial score (nSPS) is 20.1. The van der Waals surface area contributed by atoms with Crippen molar-refractivity contribution in [2.24, 2.45) is 0 Å². The van der Waals surface area contributed by atoms with Gasteiger partial charge in [-0.3, -0.25) is 0 Å². The summed E-state index contributed by atoms with van der Waals surface area (Å²) >= 11 is 0. The quantitative estimate of drug-likeness (QED) is 0.555. The Hall–Kier alpha value is -2.95. The van der Waals surface area contributed by atoms with Gasteiger partial charge in [0, 0.05) is 23.9 Å². The van der Waals surface area contributed by atoms with Crippen LogP contribution in [0.4, 0.5) is 0 Å². The Bertz CT molecular complexity index is 1060. The summed E-state index contributed by atoms with van der Waals surface area (Å²) in [4.78, 5) is 4.13. The molecule has 31 heavy (non-hydrogen) atoms. The highest BCUT2D eigenvalue weighted by Gasteiger charge is 2.27. The minimum atomic E-state index is -0.735. The molecule has 2 heterocycles. The van der Waals surface area contributed by atoms with Crippen molar-refractivity contribution in [3.05, 3.63) is 77.9 Å². The third-order valence-electron chi connectivity index (χ3n) is 5.57. The van der Waals surface area contributed by atoms with E-state index in [-0.39, 0.29) is 12.5 Å². The largest absolute Gasteiger partial charge is 0.393 e. The minimum Gasteiger partial charge on any atom is -0.393 e. The average Bonchev–Trinajstić information content (AvgIpc) is 3.44. The van der Waals surface area contributed by atoms with Crippen LogP contribution in [0.3, 0.4) is 0 Å². The van der Waals surface area contributed by atoms with E-state index < -0.39 is 18.2 Å². The van der Waals surface area contributed by atoms with Crippen molar-refractivity contribution < 1.29 is 20.1 Å². The van der Waals surface area contributed by atoms with Gasteiger partial charge in [-0.15, -0.1) is 0 Å². The topological polar surface area (TPSA) is 87.7 Å². The van der Waals surface area contributed by atoms with Gasteiger partial charge in [-0.2, -0.15) is 0 Å². The molecule has 2 aromatic carbocycles. The van der Waals surface area contributed by atoms with E-state index in [0.717, 1.165) is 22.3 Å². The first-order valence-electron chi connectivity index (χ1n) is 10.4. The maximum Gasteiger partial charge on any atom is 0.138 e. The monoisotopic (exact) mass is 418 g/mol. The molecule has 1 aliphatic heterocycles. The van der Waals surface area contributed by atoms with Crippen LogP contribution >= 0.6 is 0 Å². The number of aliphatic hydroxyl groups excluding tert-OH is 3. The SMILES string of the molecule is C[C@H](O)c1nccn1C(C#Cc1ccc(-c2ccc([C@H]3COC[C@@H]3O)cc2)cc1)CO. The molecule has 4 atom stereocenters. The molecule has 0 radical (unpaired) electrons. The maximum atomic E-state index is 10.00. The molecule has 6 nitrogen and oxygen atoms in total. The van der Waals surface area contributed by atoms with E-state index in [0.29, 0.717) is 19.0 Å². The summed E-state index contributed by atoms with van der Waals surface area (Å²) in [6.45, 7) is 2.41. The molecule has 1 fully saturated rings.